The molecule has 7 heteroatoms. The molecular formula is C13H14F3NO3. The number of hydrogen-bond acceptors (Lipinski definition) is 3. The zero-order valence-electron chi connectivity index (χ0n) is 11.0. The maximum atomic E-state index is 13.4. The first-order valence-electron chi connectivity index (χ1n) is 6.03. The van der Waals surface area contributed by atoms with Crippen molar-refractivity contribution in [2.75, 3.05) is 13.2 Å². The third-order valence-electron chi connectivity index (χ3n) is 2.79. The van der Waals surface area contributed by atoms with Crippen LogP contribution in [-0.2, 0) is 9.47 Å². The molecule has 1 aliphatic heterocycles. The van der Waals surface area contributed by atoms with Gasteiger partial charge in [0.15, 0.2) is 5.79 Å². The molecule has 1 aliphatic rings. The van der Waals surface area contributed by atoms with E-state index in [1.807, 2.05) is 0 Å². The highest BCUT2D eigenvalue weighted by Crippen LogP contribution is 2.22. The maximum Gasteiger partial charge on any atom is 0.257 e. The van der Waals surface area contributed by atoms with Crippen LogP contribution < -0.4 is 5.32 Å². The Hall–Kier alpha value is -1.60. The third kappa shape index (κ3) is 3.29. The molecule has 1 amide bonds. The minimum atomic E-state index is -1.25. The number of nitrogens with one attached hydrogen (secondary N) is 1. The van der Waals surface area contributed by atoms with Crippen molar-refractivity contribution in [3.8, 4) is 0 Å². The quantitative estimate of drug-likeness (QED) is 0.925. The topological polar surface area (TPSA) is 47.6 Å². The second-order valence-electron chi connectivity index (χ2n) is 4.91. The predicted molar refractivity (Wildman–Crippen MR) is 63.6 cm³/mol. The molecular weight excluding hydrogens is 275 g/mol. The van der Waals surface area contributed by atoms with Crippen LogP contribution in [0.2, 0.25) is 0 Å². The summed E-state index contributed by atoms with van der Waals surface area (Å²) in [6.45, 7) is 3.74. The van der Waals surface area contributed by atoms with Crippen molar-refractivity contribution in [3.05, 3.63) is 35.1 Å². The van der Waals surface area contributed by atoms with E-state index < -0.39 is 40.8 Å². The van der Waals surface area contributed by atoms with E-state index in [4.69, 9.17) is 9.47 Å². The molecule has 0 aromatic heterocycles. The van der Waals surface area contributed by atoms with Gasteiger partial charge >= 0.3 is 0 Å². The van der Waals surface area contributed by atoms with Crippen molar-refractivity contribution >= 4 is 5.91 Å². The van der Waals surface area contributed by atoms with E-state index in [-0.39, 0.29) is 13.2 Å². The minimum Gasteiger partial charge on any atom is -0.349 e. The van der Waals surface area contributed by atoms with E-state index in [0.717, 1.165) is 0 Å². The number of benzene rings is 1. The van der Waals surface area contributed by atoms with Gasteiger partial charge < -0.3 is 14.8 Å². The highest BCUT2D eigenvalue weighted by Gasteiger charge is 2.33. The summed E-state index contributed by atoms with van der Waals surface area (Å²) in [4.78, 5) is 11.7. The van der Waals surface area contributed by atoms with Gasteiger partial charge in [0.1, 0.15) is 29.1 Å². The van der Waals surface area contributed by atoms with E-state index in [1.165, 1.54) is 0 Å². The normalized spacial score (nSPS) is 20.9. The van der Waals surface area contributed by atoms with Crippen LogP contribution in [0.3, 0.4) is 0 Å². The van der Waals surface area contributed by atoms with Crippen molar-refractivity contribution in [1.82, 2.24) is 5.32 Å². The molecule has 1 aromatic carbocycles. The molecule has 0 bridgehead atoms. The third-order valence-corrected chi connectivity index (χ3v) is 2.79. The van der Waals surface area contributed by atoms with Crippen LogP contribution in [0.25, 0.3) is 0 Å². The van der Waals surface area contributed by atoms with Crippen LogP contribution in [0, 0.1) is 17.5 Å². The van der Waals surface area contributed by atoms with E-state index in [9.17, 15) is 18.0 Å². The van der Waals surface area contributed by atoms with Gasteiger partial charge in [-0.1, -0.05) is 0 Å². The van der Waals surface area contributed by atoms with E-state index in [1.54, 1.807) is 13.8 Å². The van der Waals surface area contributed by atoms with Gasteiger partial charge in [-0.3, -0.25) is 4.79 Å². The monoisotopic (exact) mass is 289 g/mol. The number of rotatable bonds is 3. The molecule has 1 fully saturated rings. The highest BCUT2D eigenvalue weighted by atomic mass is 19.1. The summed E-state index contributed by atoms with van der Waals surface area (Å²) < 4.78 is 50.2. The lowest BCUT2D eigenvalue weighted by Gasteiger charge is -2.17. The van der Waals surface area contributed by atoms with Crippen LogP contribution in [0.15, 0.2) is 12.1 Å². The summed E-state index contributed by atoms with van der Waals surface area (Å²) in [5.74, 6) is -5.28. The van der Waals surface area contributed by atoms with Gasteiger partial charge in [0.05, 0.1) is 6.61 Å². The molecule has 1 saturated heterocycles. The Kier molecular flexibility index (Phi) is 4.01. The molecule has 1 heterocycles. The van der Waals surface area contributed by atoms with Crippen LogP contribution in [0.5, 0.6) is 0 Å². The molecule has 0 aliphatic carbocycles. The van der Waals surface area contributed by atoms with Gasteiger partial charge in [0.2, 0.25) is 0 Å². The van der Waals surface area contributed by atoms with E-state index in [2.05, 4.69) is 5.32 Å². The van der Waals surface area contributed by atoms with E-state index in [0.29, 0.717) is 12.1 Å². The zero-order valence-corrected chi connectivity index (χ0v) is 11.0. The molecule has 1 atom stereocenters. The fourth-order valence-electron chi connectivity index (χ4n) is 1.92. The summed E-state index contributed by atoms with van der Waals surface area (Å²) in [6.07, 6.45) is -0.402. The number of hydrogen-bond donors (Lipinski definition) is 1. The Labute approximate surface area is 113 Å². The lowest BCUT2D eigenvalue weighted by Crippen LogP contribution is -2.35. The van der Waals surface area contributed by atoms with Gasteiger partial charge in [-0.05, 0) is 13.8 Å². The smallest absolute Gasteiger partial charge is 0.257 e. The van der Waals surface area contributed by atoms with Crippen molar-refractivity contribution in [3.63, 3.8) is 0 Å². The Morgan fingerprint density at radius 3 is 2.45 bits per heavy atom. The molecule has 0 saturated carbocycles. The number of amides is 1. The molecule has 1 N–H and O–H groups in total. The lowest BCUT2D eigenvalue weighted by molar-refractivity contribution is -0.137. The van der Waals surface area contributed by atoms with Gasteiger partial charge in [-0.15, -0.1) is 0 Å². The Balaban J connectivity index is 2.00. The summed E-state index contributed by atoms with van der Waals surface area (Å²) in [5.41, 5.74) is -0.815. The van der Waals surface area contributed by atoms with Crippen molar-refractivity contribution in [2.24, 2.45) is 0 Å². The second kappa shape index (κ2) is 5.41. The zero-order chi connectivity index (χ0) is 14.9. The number of ether oxygens (including phenoxy) is 2. The van der Waals surface area contributed by atoms with Gasteiger partial charge in [-0.25, -0.2) is 13.2 Å². The van der Waals surface area contributed by atoms with Crippen molar-refractivity contribution in [2.45, 2.75) is 25.7 Å². The van der Waals surface area contributed by atoms with Crippen LogP contribution in [-0.4, -0.2) is 30.9 Å². The lowest BCUT2D eigenvalue weighted by atomic mass is 10.1. The maximum absolute atomic E-state index is 13.4. The van der Waals surface area contributed by atoms with Crippen molar-refractivity contribution in [1.29, 1.82) is 0 Å². The van der Waals surface area contributed by atoms with Crippen LogP contribution in [0.4, 0.5) is 13.2 Å². The predicted octanol–water partition coefficient (Wildman–Crippen LogP) is 1.99. The molecule has 1 unspecified atom stereocenters. The average Bonchev–Trinajstić information content (AvgIpc) is 2.65. The number of carbonyl (C=O) groups is 1. The van der Waals surface area contributed by atoms with E-state index >= 15 is 0 Å². The summed E-state index contributed by atoms with van der Waals surface area (Å²) in [6, 6.07) is 0.909. The average molecular weight is 289 g/mol. The molecule has 110 valence electrons. The summed E-state index contributed by atoms with van der Waals surface area (Å²) in [5, 5.41) is 2.33. The summed E-state index contributed by atoms with van der Waals surface area (Å²) in [7, 11) is 0. The van der Waals surface area contributed by atoms with Gasteiger partial charge in [0.25, 0.3) is 5.91 Å². The largest absolute Gasteiger partial charge is 0.349 e. The van der Waals surface area contributed by atoms with Gasteiger partial charge in [0, 0.05) is 18.7 Å². The van der Waals surface area contributed by atoms with Crippen molar-refractivity contribution < 1.29 is 27.4 Å². The highest BCUT2D eigenvalue weighted by molar-refractivity contribution is 5.94. The van der Waals surface area contributed by atoms with Gasteiger partial charge in [-0.2, -0.15) is 0 Å². The van der Waals surface area contributed by atoms with Crippen LogP contribution in [0.1, 0.15) is 24.2 Å². The minimum absolute atomic E-state index is 0.0402. The SMILES string of the molecule is CC1(C)OCC(CNC(=O)c2c(F)cc(F)cc2F)O1. The first kappa shape index (κ1) is 14.8. The first-order valence-corrected chi connectivity index (χ1v) is 6.03. The second-order valence-corrected chi connectivity index (χ2v) is 4.91. The Bertz CT molecular complexity index is 511. The molecule has 0 spiro atoms. The Morgan fingerprint density at radius 1 is 1.35 bits per heavy atom. The summed E-state index contributed by atoms with van der Waals surface area (Å²) >= 11 is 0. The fraction of sp³-hybridized carbons (Fsp3) is 0.462. The number of halogens is 3. The first-order chi connectivity index (χ1) is 9.28. The standard InChI is InChI=1S/C13H14F3NO3/c1-13(2)19-6-8(20-13)5-17-12(18)11-9(15)3-7(14)4-10(11)16/h3-4,8H,5-6H2,1-2H3,(H,17,18). The fourth-order valence-corrected chi connectivity index (χ4v) is 1.92. The molecule has 1 aromatic rings. The molecule has 0 radical (unpaired) electrons. The molecule has 2 rings (SSSR count). The van der Waals surface area contributed by atoms with Crippen LogP contribution >= 0.6 is 0 Å². The molecule has 20 heavy (non-hydrogen) atoms. The number of carbonyl (C=O) groups excluding carboxylic acids is 1. The Morgan fingerprint density at radius 2 is 1.95 bits per heavy atom. The molecule has 4 nitrogen and oxygen atoms in total.